The molecule has 0 aromatic heterocycles. The molecule has 114 valence electrons. The van der Waals surface area contributed by atoms with Crippen LogP contribution in [0.15, 0.2) is 17.0 Å². The molecular weight excluding hydrogens is 321 g/mol. The number of hydrogen-bond donors (Lipinski definition) is 0. The Morgan fingerprint density at radius 3 is 2.15 bits per heavy atom. The Balaban J connectivity index is 3.37. The summed E-state index contributed by atoms with van der Waals surface area (Å²) in [5.41, 5.74) is 0. The summed E-state index contributed by atoms with van der Waals surface area (Å²) in [5, 5.41) is 0.378. The van der Waals surface area contributed by atoms with E-state index in [1.54, 1.807) is 0 Å². The number of benzene rings is 1. The zero-order valence-corrected chi connectivity index (χ0v) is 14.1. The molecule has 20 heavy (non-hydrogen) atoms. The third-order valence-electron chi connectivity index (χ3n) is 2.78. The second-order valence-electron chi connectivity index (χ2n) is 4.30. The summed E-state index contributed by atoms with van der Waals surface area (Å²) in [6.45, 7) is 4.79. The maximum atomic E-state index is 12.7. The second kappa shape index (κ2) is 7.50. The molecule has 0 aliphatic heterocycles. The SMILES string of the molecule is CCCN(CCC)S(=O)(=O)c1ccc(Cl)c(Cl)c1OC. The number of ether oxygens (including phenoxy) is 1. The molecule has 1 aromatic rings. The number of halogens is 2. The molecule has 7 heteroatoms. The standard InChI is InChI=1S/C13H19Cl2NO3S/c1-4-8-16(9-5-2)20(17,18)11-7-6-10(14)12(15)13(11)19-3/h6-7H,4-5,8-9H2,1-3H3. The van der Waals surface area contributed by atoms with Gasteiger partial charge in [0.2, 0.25) is 10.0 Å². The predicted molar refractivity (Wildman–Crippen MR) is 82.4 cm³/mol. The summed E-state index contributed by atoms with van der Waals surface area (Å²) < 4.78 is 32.0. The molecular formula is C13H19Cl2NO3S. The molecule has 0 bridgehead atoms. The largest absolute Gasteiger partial charge is 0.494 e. The van der Waals surface area contributed by atoms with Crippen molar-refractivity contribution in [1.29, 1.82) is 0 Å². The van der Waals surface area contributed by atoms with Gasteiger partial charge in [0.15, 0.2) is 5.75 Å². The van der Waals surface area contributed by atoms with Crippen molar-refractivity contribution in [3.63, 3.8) is 0 Å². The lowest BCUT2D eigenvalue weighted by atomic mass is 10.3. The van der Waals surface area contributed by atoms with Gasteiger partial charge in [0.25, 0.3) is 0 Å². The number of hydrogen-bond acceptors (Lipinski definition) is 3. The van der Waals surface area contributed by atoms with Crippen LogP contribution in [0.2, 0.25) is 10.0 Å². The summed E-state index contributed by atoms with van der Waals surface area (Å²) in [6, 6.07) is 2.90. The van der Waals surface area contributed by atoms with E-state index in [9.17, 15) is 8.42 Å². The summed E-state index contributed by atoms with van der Waals surface area (Å²) in [7, 11) is -2.27. The van der Waals surface area contributed by atoms with Crippen molar-refractivity contribution >= 4 is 33.2 Å². The molecule has 0 fully saturated rings. The van der Waals surface area contributed by atoms with Crippen LogP contribution in [0.3, 0.4) is 0 Å². The van der Waals surface area contributed by atoms with Crippen LogP contribution in [-0.2, 0) is 10.0 Å². The first-order valence-electron chi connectivity index (χ1n) is 6.42. The van der Waals surface area contributed by atoms with Gasteiger partial charge in [-0.1, -0.05) is 37.0 Å². The Kier molecular flexibility index (Phi) is 6.58. The quantitative estimate of drug-likeness (QED) is 0.758. The van der Waals surface area contributed by atoms with Crippen LogP contribution in [-0.4, -0.2) is 32.9 Å². The van der Waals surface area contributed by atoms with E-state index in [1.807, 2.05) is 13.8 Å². The zero-order chi connectivity index (χ0) is 15.3. The number of nitrogens with zero attached hydrogens (tertiary/aromatic N) is 1. The molecule has 1 aromatic carbocycles. The van der Waals surface area contributed by atoms with Gasteiger partial charge in [-0.15, -0.1) is 0 Å². The van der Waals surface area contributed by atoms with Gasteiger partial charge >= 0.3 is 0 Å². The van der Waals surface area contributed by atoms with Gasteiger partial charge in [0.1, 0.15) is 9.92 Å². The Hall–Kier alpha value is -0.490. The van der Waals surface area contributed by atoms with Crippen LogP contribution in [0.5, 0.6) is 5.75 Å². The lowest BCUT2D eigenvalue weighted by Crippen LogP contribution is -2.32. The fourth-order valence-corrected chi connectivity index (χ4v) is 4.13. The molecule has 0 aliphatic rings. The first-order chi connectivity index (χ1) is 9.39. The van der Waals surface area contributed by atoms with Crippen LogP contribution in [0.4, 0.5) is 0 Å². The van der Waals surface area contributed by atoms with Gasteiger partial charge in [0.05, 0.1) is 12.1 Å². The molecule has 0 amide bonds. The van der Waals surface area contributed by atoms with Gasteiger partial charge in [-0.25, -0.2) is 8.42 Å². The number of sulfonamides is 1. The molecule has 0 aliphatic carbocycles. The molecule has 0 heterocycles. The third-order valence-corrected chi connectivity index (χ3v) is 5.49. The molecule has 0 unspecified atom stereocenters. The highest BCUT2D eigenvalue weighted by molar-refractivity contribution is 7.89. The molecule has 0 saturated carbocycles. The summed E-state index contributed by atoms with van der Waals surface area (Å²) in [6.07, 6.45) is 1.48. The third kappa shape index (κ3) is 3.58. The Morgan fingerprint density at radius 1 is 1.15 bits per heavy atom. The molecule has 0 saturated heterocycles. The minimum atomic E-state index is -3.64. The van der Waals surface area contributed by atoms with Crippen LogP contribution < -0.4 is 4.74 Å². The molecule has 1 rings (SSSR count). The van der Waals surface area contributed by atoms with Gasteiger partial charge in [-0.3, -0.25) is 0 Å². The first-order valence-corrected chi connectivity index (χ1v) is 8.61. The zero-order valence-electron chi connectivity index (χ0n) is 11.8. The number of rotatable bonds is 7. The lowest BCUT2D eigenvalue weighted by Gasteiger charge is -2.22. The normalized spacial score (nSPS) is 11.9. The van der Waals surface area contributed by atoms with E-state index in [4.69, 9.17) is 27.9 Å². The lowest BCUT2D eigenvalue weighted by molar-refractivity contribution is 0.387. The van der Waals surface area contributed by atoms with Crippen molar-refractivity contribution in [2.24, 2.45) is 0 Å². The van der Waals surface area contributed by atoms with Crippen LogP contribution in [0, 0.1) is 0 Å². The average molecular weight is 340 g/mol. The van der Waals surface area contributed by atoms with Crippen LogP contribution >= 0.6 is 23.2 Å². The van der Waals surface area contributed by atoms with Crippen LogP contribution in [0.1, 0.15) is 26.7 Å². The van der Waals surface area contributed by atoms with Crippen molar-refractivity contribution in [2.75, 3.05) is 20.2 Å². The average Bonchev–Trinajstić information content (AvgIpc) is 2.41. The van der Waals surface area contributed by atoms with Crippen LogP contribution in [0.25, 0.3) is 0 Å². The van der Waals surface area contributed by atoms with Crippen molar-refractivity contribution in [1.82, 2.24) is 4.31 Å². The monoisotopic (exact) mass is 339 g/mol. The topological polar surface area (TPSA) is 46.6 Å². The van der Waals surface area contributed by atoms with Crippen molar-refractivity contribution in [2.45, 2.75) is 31.6 Å². The molecule has 0 atom stereocenters. The second-order valence-corrected chi connectivity index (χ2v) is 6.99. The maximum Gasteiger partial charge on any atom is 0.246 e. The highest BCUT2D eigenvalue weighted by atomic mass is 35.5. The van der Waals surface area contributed by atoms with Crippen molar-refractivity contribution < 1.29 is 13.2 Å². The fourth-order valence-electron chi connectivity index (χ4n) is 1.90. The summed E-state index contributed by atoms with van der Waals surface area (Å²) >= 11 is 11.9. The smallest absolute Gasteiger partial charge is 0.246 e. The minimum Gasteiger partial charge on any atom is -0.494 e. The van der Waals surface area contributed by atoms with Crippen molar-refractivity contribution in [3.05, 3.63) is 22.2 Å². The highest BCUT2D eigenvalue weighted by Crippen LogP contribution is 2.38. The van der Waals surface area contributed by atoms with Gasteiger partial charge in [-0.05, 0) is 25.0 Å². The van der Waals surface area contributed by atoms with Gasteiger partial charge in [-0.2, -0.15) is 4.31 Å². The van der Waals surface area contributed by atoms with E-state index in [1.165, 1.54) is 23.5 Å². The van der Waals surface area contributed by atoms with Gasteiger partial charge in [0, 0.05) is 13.1 Å². The minimum absolute atomic E-state index is 0.0521. The molecule has 0 N–H and O–H groups in total. The fraction of sp³-hybridized carbons (Fsp3) is 0.538. The van der Waals surface area contributed by atoms with E-state index < -0.39 is 10.0 Å². The number of methoxy groups -OCH3 is 1. The predicted octanol–water partition coefficient (Wildman–Crippen LogP) is 3.81. The Labute approximate surface area is 130 Å². The Morgan fingerprint density at radius 2 is 1.70 bits per heavy atom. The first kappa shape index (κ1) is 17.6. The summed E-state index contributed by atoms with van der Waals surface area (Å²) in [4.78, 5) is 0.0521. The van der Waals surface area contributed by atoms with E-state index in [0.29, 0.717) is 13.1 Å². The van der Waals surface area contributed by atoms with E-state index in [2.05, 4.69) is 0 Å². The van der Waals surface area contributed by atoms with E-state index >= 15 is 0 Å². The molecule has 0 spiro atoms. The van der Waals surface area contributed by atoms with E-state index in [0.717, 1.165) is 12.8 Å². The molecule has 0 radical (unpaired) electrons. The summed E-state index contributed by atoms with van der Waals surface area (Å²) in [5.74, 6) is 0.0939. The highest BCUT2D eigenvalue weighted by Gasteiger charge is 2.28. The Bertz CT molecular complexity index is 555. The molecule has 4 nitrogen and oxygen atoms in total. The van der Waals surface area contributed by atoms with Crippen molar-refractivity contribution in [3.8, 4) is 5.75 Å². The van der Waals surface area contributed by atoms with E-state index in [-0.39, 0.29) is 20.7 Å². The van der Waals surface area contributed by atoms with Gasteiger partial charge < -0.3 is 4.74 Å². The maximum absolute atomic E-state index is 12.7.